The summed E-state index contributed by atoms with van der Waals surface area (Å²) in [4.78, 5) is 125. The number of halogens is 2. The van der Waals surface area contributed by atoms with Crippen molar-refractivity contribution in [3.63, 3.8) is 0 Å². The van der Waals surface area contributed by atoms with Gasteiger partial charge in [0.15, 0.2) is 0 Å². The van der Waals surface area contributed by atoms with Crippen LogP contribution in [0.1, 0.15) is 64.0 Å². The van der Waals surface area contributed by atoms with Crippen molar-refractivity contribution in [1.82, 2.24) is 30.7 Å². The standard InChI is InChI=1S/C43H55F2N8O12P/c1-22-13-35-42(59)64-24(3)36(49-37(54)31(16-25-14-27(44)17-28(45)15-25)48-43(60)47-29-9-8-26-10-12-50(4)33(26)18-29)41(58)53-21-30(65-66(61,62)63)19-34(53)40(57)51-11-6-5-7-32(51)38(55)46-23(2)39(56)52(35)20-22/h8-9,14-15,17-18,22-24,30-32,34-36H,5-7,10-13,16,19-21H2,1-4H3,(H,46,55)(H,49,54)(H2,47,48,60)(H2,61,62,63)/t22-,23+,24+,30-,31+,32+,34+,35+,36+/m1/s1. The monoisotopic (exact) mass is 944 g/mol. The average molecular weight is 945 g/mol. The van der Waals surface area contributed by atoms with E-state index in [4.69, 9.17) is 9.26 Å². The molecule has 5 aliphatic rings. The number of hydrogen-bond acceptors (Lipinski definition) is 11. The molecule has 0 spiro atoms. The number of amides is 7. The number of esters is 1. The minimum atomic E-state index is -5.21. The second-order valence-electron chi connectivity index (χ2n) is 17.9. The van der Waals surface area contributed by atoms with Crippen LogP contribution in [-0.4, -0.2) is 148 Å². The molecule has 2 aromatic rings. The number of phosphoric acid groups is 1. The number of nitrogens with one attached hydrogen (secondary N) is 4. The first-order valence-electron chi connectivity index (χ1n) is 22.0. The highest BCUT2D eigenvalue weighted by Gasteiger charge is 2.50. The molecule has 2 aromatic carbocycles. The highest BCUT2D eigenvalue weighted by atomic mass is 31.2. The number of ether oxygens (including phenoxy) is 1. The lowest BCUT2D eigenvalue weighted by atomic mass is 9.98. The zero-order chi connectivity index (χ0) is 47.8. The molecule has 0 saturated carbocycles. The molecule has 4 saturated heterocycles. The number of hydrogen-bond donors (Lipinski definition) is 6. The van der Waals surface area contributed by atoms with Gasteiger partial charge in [-0.25, -0.2) is 22.9 Å². The number of carbonyl (C=O) groups excluding carboxylic acids is 7. The minimum absolute atomic E-state index is 0.0555. The van der Waals surface area contributed by atoms with E-state index >= 15 is 4.79 Å². The molecule has 0 radical (unpaired) electrons. The zero-order valence-electron chi connectivity index (χ0n) is 36.9. The largest absolute Gasteiger partial charge is 0.469 e. The second-order valence-corrected chi connectivity index (χ2v) is 19.0. The summed E-state index contributed by atoms with van der Waals surface area (Å²) in [5, 5.41) is 10.4. The number of nitrogens with zero attached hydrogens (tertiary/aromatic N) is 4. The molecule has 0 aromatic heterocycles. The number of anilines is 2. The Morgan fingerprint density at radius 1 is 0.894 bits per heavy atom. The lowest BCUT2D eigenvalue weighted by Gasteiger charge is -2.39. The number of likely N-dealkylation sites (N-methyl/N-ethyl adjacent to an activating group) is 1. The molecular weight excluding hydrogens is 889 g/mol. The van der Waals surface area contributed by atoms with Crippen LogP contribution in [0.15, 0.2) is 36.4 Å². The van der Waals surface area contributed by atoms with E-state index in [0.29, 0.717) is 24.6 Å². The maximum absolute atomic E-state index is 15.0. The van der Waals surface area contributed by atoms with E-state index in [1.807, 2.05) is 18.0 Å². The van der Waals surface area contributed by atoms with Crippen molar-refractivity contribution in [2.45, 2.75) is 114 Å². The molecule has 6 N–H and O–H groups in total. The smallest absolute Gasteiger partial charge is 0.458 e. The van der Waals surface area contributed by atoms with Crippen molar-refractivity contribution in [2.75, 3.05) is 43.4 Å². The maximum atomic E-state index is 15.0. The summed E-state index contributed by atoms with van der Waals surface area (Å²) in [6.07, 6.45) is -1.85. The Kier molecular flexibility index (Phi) is 14.4. The molecule has 5 heterocycles. The Hall–Kier alpha value is -5.70. The summed E-state index contributed by atoms with van der Waals surface area (Å²) in [6.45, 7) is 4.87. The Bertz CT molecular complexity index is 2300. The topological polar surface area (TPSA) is 257 Å². The molecule has 358 valence electrons. The molecule has 0 unspecified atom stereocenters. The predicted octanol–water partition coefficient (Wildman–Crippen LogP) is 1.32. The zero-order valence-corrected chi connectivity index (χ0v) is 37.8. The number of piperidine rings is 1. The van der Waals surface area contributed by atoms with Gasteiger partial charge < -0.3 is 55.4 Å². The van der Waals surface area contributed by atoms with Gasteiger partial charge in [0.25, 0.3) is 0 Å². The molecule has 23 heteroatoms. The Labute approximate surface area is 379 Å². The summed E-state index contributed by atoms with van der Waals surface area (Å²) in [5.74, 6) is -7.33. The van der Waals surface area contributed by atoms with Crippen molar-refractivity contribution in [1.29, 1.82) is 0 Å². The number of phosphoric ester groups is 1. The SMILES string of the molecule is C[C@@H]1C[C@H]2C(=O)O[C@@H](C)[C@H](NC(=O)[C@H](Cc3cc(F)cc(F)c3)NC(=O)Nc3ccc4c(c3)N(C)CC4)C(=O)N3C[C@H](OP(=O)(O)O)C[C@H]3C(=O)N3CCCC[C@H]3C(=O)N[C@@H](C)C(=O)N2C1. The van der Waals surface area contributed by atoms with Gasteiger partial charge in [0, 0.05) is 63.5 Å². The first-order chi connectivity index (χ1) is 31.1. The average Bonchev–Trinajstić information content (AvgIpc) is 3.96. The van der Waals surface area contributed by atoms with Crippen LogP contribution in [-0.2, 0) is 55.4 Å². The Morgan fingerprint density at radius 2 is 1.61 bits per heavy atom. The van der Waals surface area contributed by atoms with Crippen molar-refractivity contribution in [3.05, 3.63) is 59.2 Å². The predicted molar refractivity (Wildman–Crippen MR) is 230 cm³/mol. The van der Waals surface area contributed by atoms with Gasteiger partial charge in [0.05, 0.1) is 6.10 Å². The van der Waals surface area contributed by atoms with E-state index in [1.165, 1.54) is 23.6 Å². The van der Waals surface area contributed by atoms with Crippen molar-refractivity contribution in [2.24, 2.45) is 5.92 Å². The fourth-order valence-electron chi connectivity index (χ4n) is 9.60. The van der Waals surface area contributed by atoms with E-state index in [0.717, 1.165) is 41.2 Å². The molecular formula is C43H55F2N8O12P. The van der Waals surface area contributed by atoms with Gasteiger partial charge in [-0.15, -0.1) is 0 Å². The van der Waals surface area contributed by atoms with Crippen LogP contribution in [0.25, 0.3) is 0 Å². The maximum Gasteiger partial charge on any atom is 0.469 e. The van der Waals surface area contributed by atoms with Crippen LogP contribution in [0, 0.1) is 17.6 Å². The van der Waals surface area contributed by atoms with E-state index in [2.05, 4.69) is 21.3 Å². The second kappa shape index (κ2) is 19.6. The van der Waals surface area contributed by atoms with Gasteiger partial charge in [-0.2, -0.15) is 0 Å². The lowest BCUT2D eigenvalue weighted by molar-refractivity contribution is -0.163. The van der Waals surface area contributed by atoms with Gasteiger partial charge in [-0.3, -0.25) is 28.5 Å². The van der Waals surface area contributed by atoms with Crippen LogP contribution in [0.2, 0.25) is 0 Å². The van der Waals surface area contributed by atoms with Gasteiger partial charge in [-0.05, 0) is 87.3 Å². The third-order valence-corrected chi connectivity index (χ3v) is 13.4. The number of cyclic esters (lactones) is 1. The van der Waals surface area contributed by atoms with Crippen LogP contribution in [0.3, 0.4) is 0 Å². The fourth-order valence-corrected chi connectivity index (χ4v) is 10.1. The van der Waals surface area contributed by atoms with Gasteiger partial charge in [0.1, 0.15) is 54.0 Å². The molecule has 4 fully saturated rings. The van der Waals surface area contributed by atoms with Gasteiger partial charge >= 0.3 is 19.8 Å². The molecule has 20 nitrogen and oxygen atoms in total. The van der Waals surface area contributed by atoms with E-state index in [-0.39, 0.29) is 37.4 Å². The summed E-state index contributed by atoms with van der Waals surface area (Å²) in [6, 6.07) is -1.66. The van der Waals surface area contributed by atoms with Crippen molar-refractivity contribution >= 4 is 60.7 Å². The van der Waals surface area contributed by atoms with E-state index < -0.39 is 129 Å². The third kappa shape index (κ3) is 10.9. The van der Waals surface area contributed by atoms with Crippen LogP contribution < -0.4 is 26.2 Å². The highest BCUT2D eigenvalue weighted by molar-refractivity contribution is 7.46. The molecule has 0 aliphatic carbocycles. The summed E-state index contributed by atoms with van der Waals surface area (Å²) >= 11 is 0. The normalized spacial score (nSPS) is 27.9. The third-order valence-electron chi connectivity index (χ3n) is 12.8. The summed E-state index contributed by atoms with van der Waals surface area (Å²) in [5.41, 5.74) is 2.23. The fraction of sp³-hybridized carbons (Fsp3) is 0.558. The van der Waals surface area contributed by atoms with E-state index in [9.17, 15) is 51.9 Å². The first-order valence-corrected chi connectivity index (χ1v) is 23.5. The molecule has 66 heavy (non-hydrogen) atoms. The molecule has 7 amide bonds. The van der Waals surface area contributed by atoms with Crippen molar-refractivity contribution in [3.8, 4) is 0 Å². The minimum Gasteiger partial charge on any atom is -0.458 e. The summed E-state index contributed by atoms with van der Waals surface area (Å²) in [7, 11) is -3.32. The van der Waals surface area contributed by atoms with Crippen LogP contribution in [0.5, 0.6) is 0 Å². The molecule has 0 bridgehead atoms. The number of carbonyl (C=O) groups is 7. The number of benzene rings is 2. The highest BCUT2D eigenvalue weighted by Crippen LogP contribution is 2.41. The molecule has 5 aliphatic heterocycles. The van der Waals surface area contributed by atoms with Gasteiger partial charge in [-0.1, -0.05) is 13.0 Å². The summed E-state index contributed by atoms with van der Waals surface area (Å²) < 4.78 is 52.0. The van der Waals surface area contributed by atoms with E-state index in [1.54, 1.807) is 19.1 Å². The number of fused-ring (bicyclic) bond motifs is 4. The molecule has 9 atom stereocenters. The number of urea groups is 1. The van der Waals surface area contributed by atoms with Crippen LogP contribution in [0.4, 0.5) is 25.0 Å². The molecule has 7 rings (SSSR count). The van der Waals surface area contributed by atoms with Gasteiger partial charge in [0.2, 0.25) is 29.5 Å². The Morgan fingerprint density at radius 3 is 2.32 bits per heavy atom. The Balaban J connectivity index is 1.25. The van der Waals surface area contributed by atoms with Crippen molar-refractivity contribution < 1.29 is 66.0 Å². The lowest BCUT2D eigenvalue weighted by Crippen LogP contribution is -2.63. The first kappa shape index (κ1) is 48.2. The van der Waals surface area contributed by atoms with Crippen LogP contribution >= 0.6 is 7.82 Å². The quantitative estimate of drug-likeness (QED) is 0.162. The number of rotatable bonds is 8.